The summed E-state index contributed by atoms with van der Waals surface area (Å²) in [7, 11) is 2.15. The molecule has 2 atom stereocenters. The van der Waals surface area contributed by atoms with Crippen LogP contribution in [0.15, 0.2) is 84.6 Å². The van der Waals surface area contributed by atoms with Crippen LogP contribution in [0.25, 0.3) is 5.57 Å². The van der Waals surface area contributed by atoms with Gasteiger partial charge in [0.25, 0.3) is 0 Å². The highest BCUT2D eigenvalue weighted by molar-refractivity contribution is 5.66. The second kappa shape index (κ2) is 6.07. The van der Waals surface area contributed by atoms with E-state index >= 15 is 0 Å². The Kier molecular flexibility index (Phi) is 3.88. The first-order valence-corrected chi connectivity index (χ1v) is 9.04. The van der Waals surface area contributed by atoms with E-state index in [2.05, 4.69) is 105 Å². The van der Waals surface area contributed by atoms with E-state index in [1.165, 1.54) is 34.5 Å². The third-order valence-corrected chi connectivity index (χ3v) is 5.56. The van der Waals surface area contributed by atoms with Crippen LogP contribution in [-0.2, 0) is 0 Å². The van der Waals surface area contributed by atoms with E-state index in [1.807, 2.05) is 0 Å². The summed E-state index contributed by atoms with van der Waals surface area (Å²) < 4.78 is 0. The van der Waals surface area contributed by atoms with Gasteiger partial charge in [0.2, 0.25) is 0 Å². The molecule has 1 fully saturated rings. The number of allylic oxidation sites excluding steroid dienone is 5. The highest BCUT2D eigenvalue weighted by Crippen LogP contribution is 2.59. The minimum atomic E-state index is 0.234. The zero-order valence-electron chi connectivity index (χ0n) is 15.2. The van der Waals surface area contributed by atoms with Crippen LogP contribution in [0.4, 0.5) is 5.69 Å². The first-order chi connectivity index (χ1) is 12.1. The summed E-state index contributed by atoms with van der Waals surface area (Å²) in [6.07, 6.45) is 10.8. The van der Waals surface area contributed by atoms with Gasteiger partial charge in [-0.25, -0.2) is 0 Å². The molecule has 2 aliphatic rings. The summed E-state index contributed by atoms with van der Waals surface area (Å²) in [5.41, 5.74) is 6.77. The van der Waals surface area contributed by atoms with Crippen molar-refractivity contribution in [2.45, 2.75) is 20.3 Å². The Hall–Kier alpha value is -2.54. The molecule has 0 spiro atoms. The molecule has 0 aromatic heterocycles. The number of hydrogen-bond donors (Lipinski definition) is 0. The molecule has 2 aromatic carbocycles. The van der Waals surface area contributed by atoms with Gasteiger partial charge in [-0.1, -0.05) is 66.3 Å². The molecule has 2 aromatic rings. The van der Waals surface area contributed by atoms with Crippen LogP contribution in [-0.4, -0.2) is 7.05 Å². The third-order valence-electron chi connectivity index (χ3n) is 5.56. The van der Waals surface area contributed by atoms with Crippen LogP contribution >= 0.6 is 0 Å². The zero-order chi connectivity index (χ0) is 17.4. The summed E-state index contributed by atoms with van der Waals surface area (Å²) in [6.45, 7) is 4.36. The number of fused-ring (bicyclic) bond motifs is 1. The fraction of sp³-hybridized carbons (Fsp3) is 0.250. The Morgan fingerprint density at radius 3 is 2.48 bits per heavy atom. The molecule has 2 unspecified atom stereocenters. The fourth-order valence-electron chi connectivity index (χ4n) is 3.77. The maximum Gasteiger partial charge on any atom is 0.0408 e. The van der Waals surface area contributed by atoms with Crippen molar-refractivity contribution in [3.63, 3.8) is 0 Å². The van der Waals surface area contributed by atoms with E-state index in [0.29, 0.717) is 5.92 Å². The fourth-order valence-corrected chi connectivity index (χ4v) is 3.77. The van der Waals surface area contributed by atoms with E-state index in [1.54, 1.807) is 0 Å². The Morgan fingerprint density at radius 2 is 1.80 bits per heavy atom. The van der Waals surface area contributed by atoms with Gasteiger partial charge in [-0.15, -0.1) is 0 Å². The molecule has 0 heterocycles. The van der Waals surface area contributed by atoms with Crippen molar-refractivity contribution in [1.29, 1.82) is 0 Å². The second-order valence-electron chi connectivity index (χ2n) is 7.44. The van der Waals surface area contributed by atoms with Crippen LogP contribution in [0.2, 0.25) is 0 Å². The van der Waals surface area contributed by atoms with Gasteiger partial charge in [0.15, 0.2) is 0 Å². The molecule has 0 radical (unpaired) electrons. The molecule has 1 heteroatoms. The van der Waals surface area contributed by atoms with Gasteiger partial charge < -0.3 is 4.90 Å². The van der Waals surface area contributed by atoms with Crippen LogP contribution < -0.4 is 4.90 Å². The van der Waals surface area contributed by atoms with Crippen LogP contribution in [0, 0.1) is 18.3 Å². The molecule has 25 heavy (non-hydrogen) atoms. The van der Waals surface area contributed by atoms with Gasteiger partial charge in [-0.05, 0) is 55.5 Å². The number of hydrogen-bond acceptors (Lipinski definition) is 1. The lowest BCUT2D eigenvalue weighted by Crippen LogP contribution is -2.17. The smallest absolute Gasteiger partial charge is 0.0408 e. The SMILES string of the molecule is C/C(=C/C12C=CC(N(C)c3ccc(C)cc3)=CC1C2)c1ccccc1. The number of likely N-dealkylation sites (N-methyl/N-ethyl adjacent to an activating group) is 1. The van der Waals surface area contributed by atoms with Gasteiger partial charge in [-0.3, -0.25) is 0 Å². The average Bonchev–Trinajstić information content (AvgIpc) is 3.35. The molecule has 0 saturated heterocycles. The lowest BCUT2D eigenvalue weighted by atomic mass is 9.93. The Labute approximate surface area is 151 Å². The summed E-state index contributed by atoms with van der Waals surface area (Å²) in [5, 5.41) is 0. The first-order valence-electron chi connectivity index (χ1n) is 9.04. The van der Waals surface area contributed by atoms with E-state index in [9.17, 15) is 0 Å². The minimum absolute atomic E-state index is 0.234. The quantitative estimate of drug-likeness (QED) is 0.666. The lowest BCUT2D eigenvalue weighted by Gasteiger charge is -2.24. The van der Waals surface area contributed by atoms with E-state index in [-0.39, 0.29) is 5.41 Å². The molecular weight excluding hydrogens is 302 g/mol. The van der Waals surface area contributed by atoms with Crippen molar-refractivity contribution < 1.29 is 0 Å². The topological polar surface area (TPSA) is 3.24 Å². The summed E-state index contributed by atoms with van der Waals surface area (Å²) in [5.74, 6) is 0.624. The maximum atomic E-state index is 2.46. The third kappa shape index (κ3) is 3.07. The number of aryl methyl sites for hydroxylation is 1. The van der Waals surface area contributed by atoms with E-state index in [4.69, 9.17) is 0 Å². The number of nitrogens with zero attached hydrogens (tertiary/aromatic N) is 1. The van der Waals surface area contributed by atoms with Crippen molar-refractivity contribution in [1.82, 2.24) is 0 Å². The summed E-state index contributed by atoms with van der Waals surface area (Å²) in [6, 6.07) is 19.4. The Morgan fingerprint density at radius 1 is 1.08 bits per heavy atom. The summed E-state index contributed by atoms with van der Waals surface area (Å²) in [4.78, 5) is 2.28. The predicted molar refractivity (Wildman–Crippen MR) is 107 cm³/mol. The first kappa shape index (κ1) is 16.0. The van der Waals surface area contributed by atoms with Gasteiger partial charge >= 0.3 is 0 Å². The molecular formula is C24H25N. The molecule has 1 nitrogen and oxygen atoms in total. The van der Waals surface area contributed by atoms with E-state index < -0.39 is 0 Å². The van der Waals surface area contributed by atoms with Crippen LogP contribution in [0.3, 0.4) is 0 Å². The molecule has 0 amide bonds. The van der Waals surface area contributed by atoms with Crippen molar-refractivity contribution >= 4 is 11.3 Å². The molecule has 0 aliphatic heterocycles. The minimum Gasteiger partial charge on any atom is -0.345 e. The lowest BCUT2D eigenvalue weighted by molar-refractivity contribution is 0.772. The van der Waals surface area contributed by atoms with Crippen molar-refractivity contribution in [3.8, 4) is 0 Å². The monoisotopic (exact) mass is 327 g/mol. The Balaban J connectivity index is 1.53. The maximum absolute atomic E-state index is 2.46. The Bertz CT molecular complexity index is 855. The number of anilines is 1. The molecule has 2 aliphatic carbocycles. The van der Waals surface area contributed by atoms with Crippen molar-refractivity contribution in [3.05, 3.63) is 95.7 Å². The summed E-state index contributed by atoms with van der Waals surface area (Å²) >= 11 is 0. The molecule has 4 rings (SSSR count). The van der Waals surface area contributed by atoms with Crippen molar-refractivity contribution in [2.75, 3.05) is 11.9 Å². The standard InChI is InChI=1S/C24H25N/c1-18-9-11-22(12-10-18)25(3)23-13-14-24(17-21(24)15-23)16-19(2)20-7-5-4-6-8-20/h4-16,21H,17H2,1-3H3/b19-16-. The number of rotatable bonds is 4. The second-order valence-corrected chi connectivity index (χ2v) is 7.44. The molecule has 0 bridgehead atoms. The van der Waals surface area contributed by atoms with Gasteiger partial charge in [0, 0.05) is 23.8 Å². The average molecular weight is 327 g/mol. The normalized spacial score (nSPS) is 24.5. The largest absolute Gasteiger partial charge is 0.345 e. The highest BCUT2D eigenvalue weighted by atomic mass is 15.1. The van der Waals surface area contributed by atoms with Crippen LogP contribution in [0.1, 0.15) is 24.5 Å². The number of benzene rings is 2. The van der Waals surface area contributed by atoms with Crippen LogP contribution in [0.5, 0.6) is 0 Å². The van der Waals surface area contributed by atoms with Gasteiger partial charge in [0.1, 0.15) is 0 Å². The van der Waals surface area contributed by atoms with E-state index in [0.717, 1.165) is 0 Å². The van der Waals surface area contributed by atoms with Gasteiger partial charge in [0.05, 0.1) is 0 Å². The predicted octanol–water partition coefficient (Wildman–Crippen LogP) is 5.99. The zero-order valence-corrected chi connectivity index (χ0v) is 15.2. The molecule has 126 valence electrons. The highest BCUT2D eigenvalue weighted by Gasteiger charge is 2.50. The van der Waals surface area contributed by atoms with Gasteiger partial charge in [-0.2, -0.15) is 0 Å². The molecule has 1 saturated carbocycles. The van der Waals surface area contributed by atoms with Crippen molar-refractivity contribution in [2.24, 2.45) is 11.3 Å². The molecule has 0 N–H and O–H groups in total.